The molecule has 0 aliphatic rings. The fraction of sp³-hybridized carbons (Fsp3) is 0.333. The summed E-state index contributed by atoms with van der Waals surface area (Å²) >= 11 is 0. The quantitative estimate of drug-likeness (QED) is 0.0140. The molecule has 3 aromatic rings. The van der Waals surface area contributed by atoms with Crippen molar-refractivity contribution in [3.05, 3.63) is 109 Å². The maximum atomic E-state index is 12.6. The van der Waals surface area contributed by atoms with Gasteiger partial charge in [0, 0.05) is 0 Å². The molecule has 10 nitrogen and oxygen atoms in total. The van der Waals surface area contributed by atoms with E-state index in [1.807, 2.05) is 31.2 Å². The van der Waals surface area contributed by atoms with Gasteiger partial charge in [0.25, 0.3) is 0 Å². The summed E-state index contributed by atoms with van der Waals surface area (Å²) in [5, 5.41) is 0. The Morgan fingerprint density at radius 1 is 0.609 bits per heavy atom. The predicted octanol–water partition coefficient (Wildman–Crippen LogP) is 8.15. The number of carbonyl (C=O) groups excluding carboxylic acids is 1. The van der Waals surface area contributed by atoms with Gasteiger partial charge in [-0.2, -0.15) is 9.78 Å². The van der Waals surface area contributed by atoms with Gasteiger partial charge in [0.2, 0.25) is 6.79 Å². The van der Waals surface area contributed by atoms with E-state index in [0.29, 0.717) is 55.0 Å². The number of hydrogen-bond donors (Lipinski definition) is 0. The van der Waals surface area contributed by atoms with Crippen LogP contribution < -0.4 is 23.7 Å². The normalized spacial score (nSPS) is 10.5. The van der Waals surface area contributed by atoms with Crippen LogP contribution in [0.4, 0.5) is 0 Å². The van der Waals surface area contributed by atoms with Crippen LogP contribution in [0, 0.1) is 0 Å². The van der Waals surface area contributed by atoms with Crippen molar-refractivity contribution in [2.45, 2.75) is 45.4 Å². The third-order valence-corrected chi connectivity index (χ3v) is 6.14. The number of esters is 1. The fourth-order valence-electron chi connectivity index (χ4n) is 3.77. The molecule has 0 saturated carbocycles. The lowest BCUT2D eigenvalue weighted by molar-refractivity contribution is -0.249. The first-order valence-electron chi connectivity index (χ1n) is 15.2. The first kappa shape index (κ1) is 35.6. The highest BCUT2D eigenvalue weighted by Crippen LogP contribution is 2.21. The Bertz CT molecular complexity index is 1310. The van der Waals surface area contributed by atoms with Gasteiger partial charge in [-0.3, -0.25) is 0 Å². The molecular weight excluding hydrogens is 592 g/mol. The van der Waals surface area contributed by atoms with Crippen LogP contribution in [-0.4, -0.2) is 39.2 Å². The summed E-state index contributed by atoms with van der Waals surface area (Å²) in [7, 11) is 0. The minimum Gasteiger partial charge on any atom is -0.494 e. The van der Waals surface area contributed by atoms with Crippen molar-refractivity contribution in [1.29, 1.82) is 0 Å². The van der Waals surface area contributed by atoms with E-state index in [4.69, 9.17) is 43.2 Å². The summed E-state index contributed by atoms with van der Waals surface area (Å²) in [6.07, 6.45) is 9.97. The lowest BCUT2D eigenvalue weighted by Crippen LogP contribution is -2.09. The average Bonchev–Trinajstić information content (AvgIpc) is 3.08. The van der Waals surface area contributed by atoms with Crippen molar-refractivity contribution in [3.63, 3.8) is 0 Å². The molecule has 46 heavy (non-hydrogen) atoms. The molecule has 0 spiro atoms. The molecule has 0 aliphatic heterocycles. The zero-order valence-electron chi connectivity index (χ0n) is 26.2. The van der Waals surface area contributed by atoms with Crippen molar-refractivity contribution in [1.82, 2.24) is 0 Å². The summed E-state index contributed by atoms with van der Waals surface area (Å²) in [5.74, 6) is 2.61. The van der Waals surface area contributed by atoms with E-state index in [2.05, 4.69) is 12.3 Å². The van der Waals surface area contributed by atoms with Crippen molar-refractivity contribution in [2.75, 3.05) is 33.2 Å². The number of hydrogen-bond acceptors (Lipinski definition) is 10. The molecule has 0 heterocycles. The summed E-state index contributed by atoms with van der Waals surface area (Å²) in [6, 6.07) is 20.9. The van der Waals surface area contributed by atoms with Crippen LogP contribution in [0.15, 0.2) is 104 Å². The zero-order valence-corrected chi connectivity index (χ0v) is 26.2. The first-order valence-corrected chi connectivity index (χ1v) is 15.2. The van der Waals surface area contributed by atoms with E-state index >= 15 is 0 Å². The highest BCUT2D eigenvalue weighted by Gasteiger charge is 2.09. The maximum Gasteiger partial charge on any atom is 0.343 e. The van der Waals surface area contributed by atoms with Gasteiger partial charge in [0.15, 0.2) is 6.26 Å². The van der Waals surface area contributed by atoms with Crippen LogP contribution in [0.5, 0.6) is 28.7 Å². The molecule has 246 valence electrons. The Balaban J connectivity index is 1.26. The molecule has 10 heteroatoms. The van der Waals surface area contributed by atoms with Gasteiger partial charge in [-0.25, -0.2) is 4.79 Å². The Morgan fingerprint density at radius 3 is 1.59 bits per heavy atom. The standard InChI is InChI=1S/C36H42O10/c1-3-23-42-44-27-9-5-7-25-38-31-13-11-30(12-14-31)36(37)46-35-21-19-34(20-22-35)41-29-40-33-17-15-32(16-18-33)39-26-8-6-10-28-45-43-24-4-2/h3,11-24H,2,5-10,25-29H2,1H3/b23-3-. The minimum absolute atomic E-state index is 0.0162. The smallest absolute Gasteiger partial charge is 0.343 e. The van der Waals surface area contributed by atoms with Gasteiger partial charge < -0.3 is 33.5 Å². The van der Waals surface area contributed by atoms with Crippen molar-refractivity contribution < 1.29 is 48.0 Å². The number of allylic oxidation sites excluding steroid dienone is 1. The molecule has 0 fully saturated rings. The zero-order chi connectivity index (χ0) is 32.5. The molecule has 0 atom stereocenters. The largest absolute Gasteiger partial charge is 0.494 e. The Hall–Kier alpha value is -4.89. The molecule has 0 N–H and O–H groups in total. The summed E-state index contributed by atoms with van der Waals surface area (Å²) in [6.45, 7) is 7.46. The van der Waals surface area contributed by atoms with Gasteiger partial charge >= 0.3 is 5.97 Å². The third kappa shape index (κ3) is 15.2. The lowest BCUT2D eigenvalue weighted by atomic mass is 10.2. The SMILES string of the molecule is C=C=COOCCCCCOc1ccc(OCOc2ccc(OC(=O)c3ccc(OCCCCCOO/C=C\C)cc3)cc2)cc1. The van der Waals surface area contributed by atoms with E-state index in [1.165, 1.54) is 12.5 Å². The van der Waals surface area contributed by atoms with Crippen LogP contribution in [-0.2, 0) is 19.6 Å². The van der Waals surface area contributed by atoms with E-state index in [0.717, 1.165) is 44.3 Å². The number of benzene rings is 3. The Labute approximate surface area is 270 Å². The summed E-state index contributed by atoms with van der Waals surface area (Å²) in [5.41, 5.74) is 2.88. The number of ether oxygens (including phenoxy) is 5. The predicted molar refractivity (Wildman–Crippen MR) is 172 cm³/mol. The fourth-order valence-corrected chi connectivity index (χ4v) is 3.77. The van der Waals surface area contributed by atoms with Gasteiger partial charge in [-0.15, -0.1) is 0 Å². The van der Waals surface area contributed by atoms with Crippen LogP contribution in [0.3, 0.4) is 0 Å². The highest BCUT2D eigenvalue weighted by molar-refractivity contribution is 5.91. The topological polar surface area (TPSA) is 100 Å². The molecule has 0 amide bonds. The van der Waals surface area contributed by atoms with E-state index in [-0.39, 0.29) is 6.79 Å². The van der Waals surface area contributed by atoms with E-state index in [9.17, 15) is 4.79 Å². The molecule has 0 bridgehead atoms. The molecule has 0 radical (unpaired) electrons. The Kier molecular flexibility index (Phi) is 17.5. The van der Waals surface area contributed by atoms with Gasteiger partial charge in [-0.05, 0) is 124 Å². The van der Waals surface area contributed by atoms with Crippen molar-refractivity contribution >= 4 is 5.97 Å². The van der Waals surface area contributed by atoms with E-state index in [1.54, 1.807) is 54.6 Å². The van der Waals surface area contributed by atoms with Gasteiger partial charge in [0.1, 0.15) is 35.0 Å². The monoisotopic (exact) mass is 634 g/mol. The average molecular weight is 635 g/mol. The second kappa shape index (κ2) is 22.6. The Morgan fingerprint density at radius 2 is 1.07 bits per heavy atom. The molecule has 0 unspecified atom stereocenters. The third-order valence-electron chi connectivity index (χ3n) is 6.14. The summed E-state index contributed by atoms with van der Waals surface area (Å²) in [4.78, 5) is 32.0. The number of rotatable bonds is 24. The first-order chi connectivity index (χ1) is 22.7. The van der Waals surface area contributed by atoms with Crippen LogP contribution in [0.1, 0.15) is 55.8 Å². The van der Waals surface area contributed by atoms with Crippen LogP contribution in [0.25, 0.3) is 0 Å². The molecule has 0 aromatic heterocycles. The molecule has 3 aromatic carbocycles. The second-order valence-corrected chi connectivity index (χ2v) is 9.71. The highest BCUT2D eigenvalue weighted by atomic mass is 17.2. The molecule has 0 aliphatic carbocycles. The van der Waals surface area contributed by atoms with Crippen molar-refractivity contribution in [2.24, 2.45) is 0 Å². The van der Waals surface area contributed by atoms with Crippen LogP contribution in [0.2, 0.25) is 0 Å². The molecule has 0 saturated heterocycles. The lowest BCUT2D eigenvalue weighted by Gasteiger charge is -2.11. The maximum absolute atomic E-state index is 12.6. The van der Waals surface area contributed by atoms with Crippen LogP contribution >= 0.6 is 0 Å². The molecular formula is C36H42O10. The van der Waals surface area contributed by atoms with E-state index < -0.39 is 5.97 Å². The summed E-state index contributed by atoms with van der Waals surface area (Å²) < 4.78 is 28.3. The minimum atomic E-state index is -0.464. The van der Waals surface area contributed by atoms with Crippen molar-refractivity contribution in [3.8, 4) is 28.7 Å². The molecule has 3 rings (SSSR count). The van der Waals surface area contributed by atoms with Gasteiger partial charge in [0.05, 0.1) is 32.0 Å². The second-order valence-electron chi connectivity index (χ2n) is 9.71. The number of unbranched alkanes of at least 4 members (excludes halogenated alkanes) is 4. The van der Waals surface area contributed by atoms with Gasteiger partial charge in [-0.1, -0.05) is 12.3 Å². The number of carbonyl (C=O) groups is 1.